The van der Waals surface area contributed by atoms with Crippen molar-refractivity contribution in [2.45, 2.75) is 57.8 Å². The molecule has 0 atom stereocenters. The zero-order valence-electron chi connectivity index (χ0n) is 35.8. The summed E-state index contributed by atoms with van der Waals surface area (Å²) in [5, 5.41) is 10.2. The molecule has 292 valence electrons. The third-order valence-electron chi connectivity index (χ3n) is 14.1. The fourth-order valence-electron chi connectivity index (χ4n) is 11.1. The van der Waals surface area contributed by atoms with Gasteiger partial charge in [0.15, 0.2) is 0 Å². The van der Waals surface area contributed by atoms with Gasteiger partial charge in [-0.1, -0.05) is 199 Å². The van der Waals surface area contributed by atoms with Crippen LogP contribution in [-0.2, 0) is 16.2 Å². The second-order valence-electron chi connectivity index (χ2n) is 19.7. The predicted octanol–water partition coefficient (Wildman–Crippen LogP) is 16.6. The van der Waals surface area contributed by atoms with Crippen LogP contribution in [0.1, 0.15) is 74.9 Å². The summed E-state index contributed by atoms with van der Waals surface area (Å²) in [5.74, 6) is 0. The van der Waals surface area contributed by atoms with Crippen molar-refractivity contribution in [1.82, 2.24) is 0 Å². The molecule has 0 aromatic heterocycles. The minimum atomic E-state index is -0.551. The van der Waals surface area contributed by atoms with Crippen molar-refractivity contribution in [2.75, 3.05) is 0 Å². The van der Waals surface area contributed by atoms with E-state index in [4.69, 9.17) is 0 Å². The summed E-state index contributed by atoms with van der Waals surface area (Å²) < 4.78 is 0. The van der Waals surface area contributed by atoms with Crippen LogP contribution < -0.4 is 0 Å². The van der Waals surface area contributed by atoms with Crippen molar-refractivity contribution in [1.29, 1.82) is 0 Å². The Morgan fingerprint density at radius 3 is 0.918 bits per heavy atom. The summed E-state index contributed by atoms with van der Waals surface area (Å²) >= 11 is 0. The molecule has 10 aromatic carbocycles. The van der Waals surface area contributed by atoms with Crippen LogP contribution in [0.15, 0.2) is 182 Å². The van der Waals surface area contributed by atoms with Gasteiger partial charge in [-0.2, -0.15) is 0 Å². The van der Waals surface area contributed by atoms with E-state index in [2.05, 4.69) is 224 Å². The van der Waals surface area contributed by atoms with Crippen LogP contribution in [-0.4, -0.2) is 0 Å². The molecule has 0 aliphatic heterocycles. The maximum absolute atomic E-state index is 2.59. The fourth-order valence-corrected chi connectivity index (χ4v) is 11.1. The molecule has 61 heavy (non-hydrogen) atoms. The summed E-state index contributed by atoms with van der Waals surface area (Å²) in [4.78, 5) is 0. The van der Waals surface area contributed by atoms with Crippen LogP contribution in [0.5, 0.6) is 0 Å². The van der Waals surface area contributed by atoms with E-state index in [9.17, 15) is 0 Å². The van der Waals surface area contributed by atoms with E-state index in [1.165, 1.54) is 121 Å². The van der Waals surface area contributed by atoms with Crippen molar-refractivity contribution < 1.29 is 0 Å². The van der Waals surface area contributed by atoms with Crippen molar-refractivity contribution in [3.8, 4) is 44.5 Å². The van der Waals surface area contributed by atoms with Gasteiger partial charge in [-0.25, -0.2) is 0 Å². The smallest absolute Gasteiger partial charge is 0.0616 e. The molecule has 10 aromatic rings. The van der Waals surface area contributed by atoms with Crippen molar-refractivity contribution in [2.24, 2.45) is 0 Å². The Balaban J connectivity index is 1.24. The van der Waals surface area contributed by atoms with E-state index in [0.717, 1.165) is 0 Å². The topological polar surface area (TPSA) is 0 Å². The van der Waals surface area contributed by atoms with Crippen LogP contribution >= 0.6 is 0 Å². The molecule has 0 saturated carbocycles. The van der Waals surface area contributed by atoms with Gasteiger partial charge in [0.2, 0.25) is 0 Å². The van der Waals surface area contributed by atoms with Gasteiger partial charge in [-0.05, 0) is 156 Å². The van der Waals surface area contributed by atoms with Crippen LogP contribution in [0.4, 0.5) is 0 Å². The molecule has 0 heteroatoms. The summed E-state index contributed by atoms with van der Waals surface area (Å²) in [6, 6.07) is 70.0. The van der Waals surface area contributed by atoms with E-state index in [0.29, 0.717) is 0 Å². The number of rotatable bonds is 2. The Kier molecular flexibility index (Phi) is 7.48. The lowest BCUT2D eigenvalue weighted by Gasteiger charge is -2.33. The molecular weight excluding hydrogens is 733 g/mol. The molecule has 0 N–H and O–H groups in total. The van der Waals surface area contributed by atoms with Crippen molar-refractivity contribution >= 4 is 43.1 Å². The summed E-state index contributed by atoms with van der Waals surface area (Å²) in [7, 11) is 0. The molecule has 2 aliphatic carbocycles. The summed E-state index contributed by atoms with van der Waals surface area (Å²) in [6.45, 7) is 14.1. The summed E-state index contributed by atoms with van der Waals surface area (Å²) in [5.41, 5.74) is 18.1. The molecule has 0 bridgehead atoms. The van der Waals surface area contributed by atoms with Crippen LogP contribution in [0, 0.1) is 0 Å². The number of fused-ring (bicyclic) bond motifs is 14. The highest BCUT2D eigenvalue weighted by Crippen LogP contribution is 2.64. The molecule has 1 spiro atoms. The van der Waals surface area contributed by atoms with Gasteiger partial charge in [-0.3, -0.25) is 0 Å². The molecular formula is C61H48. The normalized spacial score (nSPS) is 13.9. The first-order valence-corrected chi connectivity index (χ1v) is 21.9. The average Bonchev–Trinajstić information content (AvgIpc) is 3.72. The second kappa shape index (κ2) is 12.6. The number of hydrogen-bond donors (Lipinski definition) is 0. The molecule has 2 aliphatic rings. The predicted molar refractivity (Wildman–Crippen MR) is 261 cm³/mol. The van der Waals surface area contributed by atoms with E-state index < -0.39 is 5.41 Å². The first kappa shape index (κ1) is 36.1. The standard InChI is InChI=1S/C61H48/c1-59(2,3)43-25-29-51-52-30-26-44(60(4,5)6)36-56(52)61(55(51)35-43)53-33-41(57-45-19-11-7-15-37(45)31-38-16-8-12-20-46(38)57)23-27-49(53)50-28-24-42(34-54(50)61)58-47-21-13-9-17-39(47)32-40-18-10-14-22-48(40)58/h7-36H,1-6H3. The van der Waals surface area contributed by atoms with Gasteiger partial charge < -0.3 is 0 Å². The lowest BCUT2D eigenvalue weighted by atomic mass is 9.68. The molecule has 0 nitrogen and oxygen atoms in total. The second-order valence-corrected chi connectivity index (χ2v) is 19.7. The van der Waals surface area contributed by atoms with Crippen LogP contribution in [0.2, 0.25) is 0 Å². The first-order valence-electron chi connectivity index (χ1n) is 21.9. The van der Waals surface area contributed by atoms with Gasteiger partial charge in [-0.15, -0.1) is 0 Å². The molecule has 12 rings (SSSR count). The third kappa shape index (κ3) is 5.12. The Hall–Kier alpha value is -6.76. The first-order chi connectivity index (χ1) is 29.5. The maximum Gasteiger partial charge on any atom is 0.0726 e. The maximum atomic E-state index is 2.59. The van der Waals surface area contributed by atoms with E-state index in [1.807, 2.05) is 0 Å². The number of benzene rings is 10. The third-order valence-corrected chi connectivity index (χ3v) is 14.1. The van der Waals surface area contributed by atoms with E-state index in [1.54, 1.807) is 0 Å². The van der Waals surface area contributed by atoms with Gasteiger partial charge in [0.05, 0.1) is 5.41 Å². The minimum Gasteiger partial charge on any atom is -0.0616 e. The van der Waals surface area contributed by atoms with Gasteiger partial charge in [0.25, 0.3) is 0 Å². The monoisotopic (exact) mass is 780 g/mol. The zero-order chi connectivity index (χ0) is 41.4. The lowest BCUT2D eigenvalue weighted by Crippen LogP contribution is -2.27. The molecule has 0 fully saturated rings. The van der Waals surface area contributed by atoms with Gasteiger partial charge in [0, 0.05) is 0 Å². The van der Waals surface area contributed by atoms with E-state index >= 15 is 0 Å². The van der Waals surface area contributed by atoms with Gasteiger partial charge >= 0.3 is 0 Å². The highest BCUT2D eigenvalue weighted by Gasteiger charge is 2.52. The SMILES string of the molecule is CC(C)(C)c1ccc2c(c1)C1(c3cc(-c4c5ccccc5cc5ccccc45)ccc3-c3ccc(-c4c5ccccc5cc5ccccc45)cc31)c1cc(C(C)(C)C)ccc1-2. The number of hydrogen-bond acceptors (Lipinski definition) is 0. The lowest BCUT2D eigenvalue weighted by molar-refractivity contribution is 0.586. The van der Waals surface area contributed by atoms with Crippen molar-refractivity contribution in [3.05, 3.63) is 215 Å². The average molecular weight is 781 g/mol. The Labute approximate surface area is 359 Å². The molecule has 0 heterocycles. The highest BCUT2D eigenvalue weighted by atomic mass is 14.5. The van der Waals surface area contributed by atoms with Gasteiger partial charge in [0.1, 0.15) is 0 Å². The van der Waals surface area contributed by atoms with Crippen molar-refractivity contribution in [3.63, 3.8) is 0 Å². The fraction of sp³-hybridized carbons (Fsp3) is 0.148. The van der Waals surface area contributed by atoms with Crippen LogP contribution in [0.3, 0.4) is 0 Å². The highest BCUT2D eigenvalue weighted by molar-refractivity contribution is 6.15. The Bertz CT molecular complexity index is 3150. The summed E-state index contributed by atoms with van der Waals surface area (Å²) in [6.07, 6.45) is 0. The van der Waals surface area contributed by atoms with E-state index in [-0.39, 0.29) is 10.8 Å². The molecule has 0 saturated heterocycles. The Morgan fingerprint density at radius 2 is 0.590 bits per heavy atom. The molecule has 0 radical (unpaired) electrons. The Morgan fingerprint density at radius 1 is 0.295 bits per heavy atom. The largest absolute Gasteiger partial charge is 0.0726 e. The zero-order valence-corrected chi connectivity index (χ0v) is 35.8. The van der Waals surface area contributed by atoms with Crippen LogP contribution in [0.25, 0.3) is 87.6 Å². The molecule has 0 unspecified atom stereocenters. The quantitative estimate of drug-likeness (QED) is 0.153. The molecule has 0 amide bonds. The minimum absolute atomic E-state index is 0.0285.